The quantitative estimate of drug-likeness (QED) is 0.692. The minimum Gasteiger partial charge on any atom is -0.497 e. The van der Waals surface area contributed by atoms with Crippen LogP contribution in [0.15, 0.2) is 52.3 Å². The Morgan fingerprint density at radius 3 is 2.17 bits per heavy atom. The number of hydrogen-bond donors (Lipinski definition) is 1. The van der Waals surface area contributed by atoms with Gasteiger partial charge in [-0.25, -0.2) is 16.8 Å². The normalized spacial score (nSPS) is 15.7. The fourth-order valence-electron chi connectivity index (χ4n) is 2.84. The second-order valence-electron chi connectivity index (χ2n) is 6.16. The minimum atomic E-state index is -3.96. The fraction of sp³-hybridized carbons (Fsp3) is 0.333. The summed E-state index contributed by atoms with van der Waals surface area (Å²) in [5.74, 6) is 0.585. The number of benzene rings is 2. The van der Waals surface area contributed by atoms with E-state index in [4.69, 9.17) is 14.2 Å². The highest BCUT2D eigenvalue weighted by molar-refractivity contribution is 7.92. The highest BCUT2D eigenvalue weighted by Crippen LogP contribution is 2.30. The Hall–Kier alpha value is -2.34. The van der Waals surface area contributed by atoms with Crippen molar-refractivity contribution in [3.8, 4) is 11.5 Å². The SMILES string of the molecule is COc1ccc(S(=O)(=O)Nc2ccc(S(=O)(=O)N3CCOCC3)cc2)c(OC)c1. The maximum absolute atomic E-state index is 12.7. The standard InChI is InChI=1S/C18H22N2O7S2/c1-25-15-5-8-18(17(13-15)26-2)28(21,22)19-14-3-6-16(7-4-14)29(23,24)20-9-11-27-12-10-20/h3-8,13,19H,9-12H2,1-2H3. The van der Waals surface area contributed by atoms with Crippen LogP contribution in [-0.4, -0.2) is 61.7 Å². The summed E-state index contributed by atoms with van der Waals surface area (Å²) >= 11 is 0. The van der Waals surface area contributed by atoms with Crippen molar-refractivity contribution in [3.05, 3.63) is 42.5 Å². The summed E-state index contributed by atoms with van der Waals surface area (Å²) in [7, 11) is -4.78. The molecule has 1 fully saturated rings. The number of methoxy groups -OCH3 is 2. The predicted molar refractivity (Wildman–Crippen MR) is 106 cm³/mol. The maximum Gasteiger partial charge on any atom is 0.265 e. The van der Waals surface area contributed by atoms with E-state index in [1.165, 1.54) is 61.0 Å². The number of sulfonamides is 2. The lowest BCUT2D eigenvalue weighted by Gasteiger charge is -2.26. The largest absolute Gasteiger partial charge is 0.497 e. The van der Waals surface area contributed by atoms with E-state index in [0.29, 0.717) is 19.0 Å². The van der Waals surface area contributed by atoms with E-state index in [9.17, 15) is 16.8 Å². The predicted octanol–water partition coefficient (Wildman–Crippen LogP) is 1.53. The summed E-state index contributed by atoms with van der Waals surface area (Å²) in [5, 5.41) is 0. The minimum absolute atomic E-state index is 0.0641. The topological polar surface area (TPSA) is 111 Å². The number of nitrogens with zero attached hydrogens (tertiary/aromatic N) is 1. The van der Waals surface area contributed by atoms with Gasteiger partial charge in [0.05, 0.1) is 32.3 Å². The Bertz CT molecular complexity index is 1060. The summed E-state index contributed by atoms with van der Waals surface area (Å²) in [4.78, 5) is 0.0233. The van der Waals surface area contributed by atoms with E-state index in [1.807, 2.05) is 0 Å². The summed E-state index contributed by atoms with van der Waals surface area (Å²) in [5.41, 5.74) is 0.226. The molecule has 0 saturated carbocycles. The summed E-state index contributed by atoms with van der Waals surface area (Å²) in [6, 6.07) is 9.89. The van der Waals surface area contributed by atoms with E-state index in [-0.39, 0.29) is 34.3 Å². The van der Waals surface area contributed by atoms with Crippen LogP contribution in [0.25, 0.3) is 0 Å². The molecule has 158 valence electrons. The summed E-state index contributed by atoms with van der Waals surface area (Å²) < 4.78 is 70.0. The lowest BCUT2D eigenvalue weighted by atomic mass is 10.3. The van der Waals surface area contributed by atoms with Crippen LogP contribution < -0.4 is 14.2 Å². The highest BCUT2D eigenvalue weighted by atomic mass is 32.2. The Labute approximate surface area is 170 Å². The molecule has 1 heterocycles. The van der Waals surface area contributed by atoms with E-state index in [2.05, 4.69) is 4.72 Å². The van der Waals surface area contributed by atoms with Gasteiger partial charge in [0.2, 0.25) is 10.0 Å². The van der Waals surface area contributed by atoms with Crippen LogP contribution >= 0.6 is 0 Å². The van der Waals surface area contributed by atoms with Crippen molar-refractivity contribution in [2.45, 2.75) is 9.79 Å². The number of hydrogen-bond acceptors (Lipinski definition) is 7. The molecule has 0 unspecified atom stereocenters. The molecule has 0 aliphatic carbocycles. The third kappa shape index (κ3) is 4.64. The van der Waals surface area contributed by atoms with Crippen LogP contribution in [0.4, 0.5) is 5.69 Å². The molecule has 29 heavy (non-hydrogen) atoms. The van der Waals surface area contributed by atoms with Gasteiger partial charge >= 0.3 is 0 Å². The van der Waals surface area contributed by atoms with Crippen LogP contribution in [0.2, 0.25) is 0 Å². The molecule has 1 aliphatic rings. The van der Waals surface area contributed by atoms with Gasteiger partial charge in [0.25, 0.3) is 10.0 Å². The molecule has 2 aromatic carbocycles. The van der Waals surface area contributed by atoms with E-state index in [0.717, 1.165) is 0 Å². The molecule has 11 heteroatoms. The monoisotopic (exact) mass is 442 g/mol. The third-order valence-electron chi connectivity index (χ3n) is 4.37. The van der Waals surface area contributed by atoms with Crippen LogP contribution in [0.1, 0.15) is 0 Å². The van der Waals surface area contributed by atoms with E-state index in [1.54, 1.807) is 0 Å². The molecule has 9 nitrogen and oxygen atoms in total. The van der Waals surface area contributed by atoms with Crippen molar-refractivity contribution in [3.63, 3.8) is 0 Å². The Morgan fingerprint density at radius 2 is 1.59 bits per heavy atom. The van der Waals surface area contributed by atoms with Crippen molar-refractivity contribution < 1.29 is 31.0 Å². The number of anilines is 1. The number of ether oxygens (including phenoxy) is 3. The van der Waals surface area contributed by atoms with Gasteiger partial charge in [0.1, 0.15) is 16.4 Å². The van der Waals surface area contributed by atoms with Crippen molar-refractivity contribution in [1.82, 2.24) is 4.31 Å². The second kappa shape index (κ2) is 8.57. The first-order chi connectivity index (χ1) is 13.8. The number of morpholine rings is 1. The average Bonchev–Trinajstić information content (AvgIpc) is 2.74. The molecule has 1 aliphatic heterocycles. The third-order valence-corrected chi connectivity index (χ3v) is 7.71. The first-order valence-corrected chi connectivity index (χ1v) is 11.6. The molecule has 0 spiro atoms. The summed E-state index contributed by atoms with van der Waals surface area (Å²) in [6.45, 7) is 1.27. The first-order valence-electron chi connectivity index (χ1n) is 8.71. The molecule has 2 aromatic rings. The second-order valence-corrected chi connectivity index (χ2v) is 9.75. The lowest BCUT2D eigenvalue weighted by Crippen LogP contribution is -2.40. The van der Waals surface area contributed by atoms with Crippen LogP contribution in [0.5, 0.6) is 11.5 Å². The van der Waals surface area contributed by atoms with Gasteiger partial charge in [-0.05, 0) is 36.4 Å². The molecular formula is C18H22N2O7S2. The van der Waals surface area contributed by atoms with E-state index < -0.39 is 20.0 Å². The van der Waals surface area contributed by atoms with Gasteiger partial charge in [-0.2, -0.15) is 4.31 Å². The van der Waals surface area contributed by atoms with Gasteiger partial charge in [0.15, 0.2) is 0 Å². The zero-order chi connectivity index (χ0) is 21.1. The van der Waals surface area contributed by atoms with Gasteiger partial charge in [0, 0.05) is 24.8 Å². The zero-order valence-electron chi connectivity index (χ0n) is 16.0. The van der Waals surface area contributed by atoms with Crippen LogP contribution in [0.3, 0.4) is 0 Å². The van der Waals surface area contributed by atoms with Gasteiger partial charge < -0.3 is 14.2 Å². The number of rotatable bonds is 7. The molecule has 1 N–H and O–H groups in total. The maximum atomic E-state index is 12.7. The van der Waals surface area contributed by atoms with Gasteiger partial charge in [-0.1, -0.05) is 0 Å². The van der Waals surface area contributed by atoms with Gasteiger partial charge in [-0.3, -0.25) is 4.72 Å². The van der Waals surface area contributed by atoms with Crippen molar-refractivity contribution >= 4 is 25.7 Å². The van der Waals surface area contributed by atoms with Crippen LogP contribution in [-0.2, 0) is 24.8 Å². The highest BCUT2D eigenvalue weighted by Gasteiger charge is 2.26. The molecule has 0 aromatic heterocycles. The van der Waals surface area contributed by atoms with Crippen molar-refractivity contribution in [1.29, 1.82) is 0 Å². The van der Waals surface area contributed by atoms with E-state index >= 15 is 0 Å². The Morgan fingerprint density at radius 1 is 0.931 bits per heavy atom. The van der Waals surface area contributed by atoms with Crippen molar-refractivity contribution in [2.75, 3.05) is 45.2 Å². The molecule has 0 bridgehead atoms. The smallest absolute Gasteiger partial charge is 0.265 e. The molecule has 3 rings (SSSR count). The average molecular weight is 443 g/mol. The first kappa shape index (κ1) is 21.4. The molecule has 0 radical (unpaired) electrons. The molecule has 0 amide bonds. The summed E-state index contributed by atoms with van der Waals surface area (Å²) in [6.07, 6.45) is 0. The zero-order valence-corrected chi connectivity index (χ0v) is 17.6. The molecular weight excluding hydrogens is 420 g/mol. The van der Waals surface area contributed by atoms with Crippen molar-refractivity contribution in [2.24, 2.45) is 0 Å². The molecule has 1 saturated heterocycles. The Balaban J connectivity index is 1.82. The molecule has 0 atom stereocenters. The van der Waals surface area contributed by atoms with Gasteiger partial charge in [-0.15, -0.1) is 0 Å². The fourth-order valence-corrected chi connectivity index (χ4v) is 5.46. The van der Waals surface area contributed by atoms with Crippen LogP contribution in [0, 0.1) is 0 Å². The Kier molecular flexibility index (Phi) is 6.32. The lowest BCUT2D eigenvalue weighted by molar-refractivity contribution is 0.0730. The number of nitrogens with one attached hydrogen (secondary N) is 1.